The van der Waals surface area contributed by atoms with Crippen LogP contribution in [-0.2, 0) is 26.2 Å². The Hall–Kier alpha value is -2.34. The van der Waals surface area contributed by atoms with Crippen molar-refractivity contribution in [2.75, 3.05) is 10.8 Å². The molecule has 11 heteroatoms. The second kappa shape index (κ2) is 13.1. The van der Waals surface area contributed by atoms with Crippen molar-refractivity contribution in [2.24, 2.45) is 0 Å². The molecule has 0 aromatic heterocycles. The minimum atomic E-state index is -4.10. The summed E-state index contributed by atoms with van der Waals surface area (Å²) in [5.41, 5.74) is 0.972. The molecular weight excluding hydrogens is 660 g/mol. The fourth-order valence-corrected chi connectivity index (χ4v) is 5.79. The van der Waals surface area contributed by atoms with E-state index in [0.717, 1.165) is 7.88 Å². The molecule has 0 spiro atoms. The fourth-order valence-electron chi connectivity index (χ4n) is 3.68. The predicted molar refractivity (Wildman–Crippen MR) is 160 cm³/mol. The smallest absolute Gasteiger partial charge is 0.264 e. The molecule has 0 radical (unpaired) electrons. The Morgan fingerprint density at radius 1 is 0.921 bits per heavy atom. The first-order valence-electron chi connectivity index (χ1n) is 11.8. The highest BCUT2D eigenvalue weighted by Crippen LogP contribution is 2.26. The highest BCUT2D eigenvalue weighted by Gasteiger charge is 2.32. The van der Waals surface area contributed by atoms with Crippen LogP contribution in [0.25, 0.3) is 0 Å². The Morgan fingerprint density at radius 3 is 2.13 bits per heavy atom. The summed E-state index contributed by atoms with van der Waals surface area (Å²) in [7, 11) is -4.10. The molecule has 0 aliphatic carbocycles. The molecule has 38 heavy (non-hydrogen) atoms. The number of anilines is 1. The number of nitrogens with zero attached hydrogens (tertiary/aromatic N) is 2. The van der Waals surface area contributed by atoms with Crippen LogP contribution in [0.3, 0.4) is 0 Å². The molecule has 3 aromatic rings. The van der Waals surface area contributed by atoms with E-state index in [-0.39, 0.29) is 23.4 Å². The number of hydrogen-bond donors (Lipinski definition) is 1. The molecule has 0 saturated carbocycles. The van der Waals surface area contributed by atoms with E-state index in [4.69, 9.17) is 23.2 Å². The molecule has 0 fully saturated rings. The Labute approximate surface area is 247 Å². The van der Waals surface area contributed by atoms with Crippen LogP contribution in [0.5, 0.6) is 0 Å². The quantitative estimate of drug-likeness (QED) is 0.276. The van der Waals surface area contributed by atoms with E-state index in [1.165, 1.54) is 17.0 Å². The normalized spacial score (nSPS) is 12.2. The number of benzene rings is 3. The van der Waals surface area contributed by atoms with Gasteiger partial charge in [-0.3, -0.25) is 13.9 Å². The molecule has 1 N–H and O–H groups in total. The van der Waals surface area contributed by atoms with Gasteiger partial charge >= 0.3 is 0 Å². The van der Waals surface area contributed by atoms with Crippen LogP contribution in [0.15, 0.2) is 77.7 Å². The highest BCUT2D eigenvalue weighted by molar-refractivity contribution is 14.1. The first-order valence-corrected chi connectivity index (χ1v) is 15.0. The Morgan fingerprint density at radius 2 is 1.55 bits per heavy atom. The van der Waals surface area contributed by atoms with E-state index in [2.05, 4.69) is 27.9 Å². The van der Waals surface area contributed by atoms with Crippen LogP contribution >= 0.6 is 45.8 Å². The molecule has 0 heterocycles. The maximum Gasteiger partial charge on any atom is 0.264 e. The van der Waals surface area contributed by atoms with Gasteiger partial charge in [0.05, 0.1) is 20.6 Å². The number of carbonyl (C=O) groups is 2. The van der Waals surface area contributed by atoms with E-state index >= 15 is 0 Å². The molecule has 2 amide bonds. The molecule has 3 aromatic carbocycles. The molecular formula is C27H28Cl2IN3O4S. The zero-order valence-electron chi connectivity index (χ0n) is 21.1. The van der Waals surface area contributed by atoms with Gasteiger partial charge in [-0.1, -0.05) is 47.5 Å². The summed E-state index contributed by atoms with van der Waals surface area (Å²) in [5.74, 6) is -0.916. The van der Waals surface area contributed by atoms with Crippen LogP contribution in [0.4, 0.5) is 5.69 Å². The van der Waals surface area contributed by atoms with Crippen LogP contribution in [0.2, 0.25) is 10.0 Å². The summed E-state index contributed by atoms with van der Waals surface area (Å²) in [6.45, 7) is 4.75. The zero-order valence-corrected chi connectivity index (χ0v) is 25.6. The molecule has 202 valence electrons. The van der Waals surface area contributed by atoms with Crippen molar-refractivity contribution >= 4 is 73.3 Å². The number of amides is 2. The Kier molecular flexibility index (Phi) is 10.4. The lowest BCUT2D eigenvalue weighted by molar-refractivity contribution is -0.139. The maximum absolute atomic E-state index is 13.8. The van der Waals surface area contributed by atoms with Crippen LogP contribution < -0.4 is 9.62 Å². The predicted octanol–water partition coefficient (Wildman–Crippen LogP) is 5.74. The summed E-state index contributed by atoms with van der Waals surface area (Å²) < 4.78 is 29.4. The first kappa shape index (κ1) is 30.2. The number of nitrogens with one attached hydrogen (secondary N) is 1. The molecule has 0 unspecified atom stereocenters. The standard InChI is InChI=1S/C27H28Cl2IN3O4S/c1-18(2)31-27(35)19(3)32(16-20-9-14-24(28)25(29)15-20)26(34)17-33(22-12-10-21(30)11-13-22)38(36,37)23-7-5-4-6-8-23/h4-15,18-19H,16-17H2,1-3H3,(H,31,35)/t19-/m0/s1. The van der Waals surface area contributed by atoms with Gasteiger partial charge in [0.2, 0.25) is 11.8 Å². The SMILES string of the molecule is CC(C)NC(=O)[C@H](C)N(Cc1ccc(Cl)c(Cl)c1)C(=O)CN(c1ccc(I)cc1)S(=O)(=O)c1ccccc1. The van der Waals surface area contributed by atoms with Crippen molar-refractivity contribution in [1.29, 1.82) is 0 Å². The minimum absolute atomic E-state index is 0.0221. The third kappa shape index (κ3) is 7.62. The first-order chi connectivity index (χ1) is 17.9. The van der Waals surface area contributed by atoms with Gasteiger partial charge in [-0.05, 0) is 97.5 Å². The number of hydrogen-bond acceptors (Lipinski definition) is 4. The van der Waals surface area contributed by atoms with Gasteiger partial charge in [0.15, 0.2) is 0 Å². The number of halogens is 3. The van der Waals surface area contributed by atoms with Gasteiger partial charge in [-0.25, -0.2) is 8.42 Å². The van der Waals surface area contributed by atoms with E-state index in [1.807, 2.05) is 13.8 Å². The maximum atomic E-state index is 13.8. The number of rotatable bonds is 10. The van der Waals surface area contributed by atoms with Crippen molar-refractivity contribution in [3.05, 3.63) is 92.0 Å². The van der Waals surface area contributed by atoms with E-state index in [1.54, 1.807) is 67.6 Å². The number of sulfonamides is 1. The summed E-state index contributed by atoms with van der Waals surface area (Å²) in [5, 5.41) is 3.49. The fraction of sp³-hybridized carbons (Fsp3) is 0.259. The van der Waals surface area contributed by atoms with Gasteiger partial charge in [0, 0.05) is 16.2 Å². The van der Waals surface area contributed by atoms with Crippen LogP contribution in [-0.4, -0.2) is 43.8 Å². The molecule has 0 bridgehead atoms. The lowest BCUT2D eigenvalue weighted by atomic mass is 10.1. The van der Waals surface area contributed by atoms with Crippen LogP contribution in [0, 0.1) is 3.57 Å². The summed E-state index contributed by atoms with van der Waals surface area (Å²) >= 11 is 14.4. The lowest BCUT2D eigenvalue weighted by Crippen LogP contribution is -2.52. The van der Waals surface area contributed by atoms with Gasteiger partial charge in [0.1, 0.15) is 12.6 Å². The highest BCUT2D eigenvalue weighted by atomic mass is 127. The summed E-state index contributed by atoms with van der Waals surface area (Å²) in [6, 6.07) is 18.6. The summed E-state index contributed by atoms with van der Waals surface area (Å²) in [6.07, 6.45) is 0. The van der Waals surface area contributed by atoms with Crippen LogP contribution in [0.1, 0.15) is 26.3 Å². The Balaban J connectivity index is 2.02. The van der Waals surface area contributed by atoms with Crippen molar-refractivity contribution in [3.63, 3.8) is 0 Å². The largest absolute Gasteiger partial charge is 0.352 e. The van der Waals surface area contributed by atoms with Gasteiger partial charge in [0.25, 0.3) is 10.0 Å². The molecule has 3 rings (SSSR count). The van der Waals surface area contributed by atoms with E-state index in [9.17, 15) is 18.0 Å². The van der Waals surface area contributed by atoms with Gasteiger partial charge < -0.3 is 10.2 Å². The number of carbonyl (C=O) groups excluding carboxylic acids is 2. The molecule has 0 saturated heterocycles. The topological polar surface area (TPSA) is 86.8 Å². The molecule has 7 nitrogen and oxygen atoms in total. The third-order valence-electron chi connectivity index (χ3n) is 5.66. The van der Waals surface area contributed by atoms with Crippen molar-refractivity contribution in [2.45, 2.75) is 44.3 Å². The zero-order chi connectivity index (χ0) is 28.0. The van der Waals surface area contributed by atoms with E-state index in [0.29, 0.717) is 21.3 Å². The minimum Gasteiger partial charge on any atom is -0.352 e. The summed E-state index contributed by atoms with van der Waals surface area (Å²) in [4.78, 5) is 28.2. The molecule has 0 aliphatic rings. The van der Waals surface area contributed by atoms with Crippen molar-refractivity contribution < 1.29 is 18.0 Å². The van der Waals surface area contributed by atoms with Crippen molar-refractivity contribution in [1.82, 2.24) is 10.2 Å². The molecule has 0 aliphatic heterocycles. The monoisotopic (exact) mass is 687 g/mol. The average Bonchev–Trinajstić information content (AvgIpc) is 2.88. The van der Waals surface area contributed by atoms with Crippen molar-refractivity contribution in [3.8, 4) is 0 Å². The second-order valence-corrected chi connectivity index (χ2v) is 12.8. The van der Waals surface area contributed by atoms with E-state index < -0.39 is 28.5 Å². The second-order valence-electron chi connectivity index (χ2n) is 8.91. The Bertz CT molecular complexity index is 1390. The molecule has 1 atom stereocenters. The van der Waals surface area contributed by atoms with Gasteiger partial charge in [-0.2, -0.15) is 0 Å². The lowest BCUT2D eigenvalue weighted by Gasteiger charge is -2.32. The van der Waals surface area contributed by atoms with Gasteiger partial charge in [-0.15, -0.1) is 0 Å². The third-order valence-corrected chi connectivity index (χ3v) is 8.91. The average molecular weight is 688 g/mol.